The van der Waals surface area contributed by atoms with E-state index in [9.17, 15) is 4.79 Å². The van der Waals surface area contributed by atoms with E-state index in [1.807, 2.05) is 6.92 Å². The van der Waals surface area contributed by atoms with E-state index in [0.717, 1.165) is 32.1 Å². The Hall–Kier alpha value is -0.970. The summed E-state index contributed by atoms with van der Waals surface area (Å²) in [5.74, 6) is 4.41. The molecule has 0 aromatic rings. The number of esters is 1. The molecule has 0 aliphatic heterocycles. The van der Waals surface area contributed by atoms with Crippen molar-refractivity contribution < 1.29 is 9.53 Å². The molecule has 0 heterocycles. The molecule has 0 aromatic carbocycles. The third kappa shape index (κ3) is 5.19. The molecule has 1 fully saturated rings. The van der Waals surface area contributed by atoms with Crippen molar-refractivity contribution >= 4 is 5.97 Å². The first-order chi connectivity index (χ1) is 9.45. The quantitative estimate of drug-likeness (QED) is 0.408. The fourth-order valence-corrected chi connectivity index (χ4v) is 3.31. The van der Waals surface area contributed by atoms with Crippen LogP contribution in [0.15, 0.2) is 0 Å². The molecule has 1 rings (SSSR count). The summed E-state index contributed by atoms with van der Waals surface area (Å²) in [6.45, 7) is 8.66. The molecule has 0 amide bonds. The van der Waals surface area contributed by atoms with Crippen molar-refractivity contribution in [3.05, 3.63) is 0 Å². The summed E-state index contributed by atoms with van der Waals surface area (Å²) in [5, 5.41) is 0. The van der Waals surface area contributed by atoms with Crippen molar-refractivity contribution in [2.45, 2.75) is 72.3 Å². The van der Waals surface area contributed by atoms with Crippen LogP contribution in [0.25, 0.3) is 0 Å². The lowest BCUT2D eigenvalue weighted by Crippen LogP contribution is -2.35. The zero-order valence-corrected chi connectivity index (χ0v) is 13.5. The highest BCUT2D eigenvalue weighted by Gasteiger charge is 2.36. The highest BCUT2D eigenvalue weighted by molar-refractivity contribution is 5.73. The molecule has 0 bridgehead atoms. The highest BCUT2D eigenvalue weighted by Crippen LogP contribution is 2.38. The van der Waals surface area contributed by atoms with Gasteiger partial charge in [-0.2, -0.15) is 0 Å². The van der Waals surface area contributed by atoms with Gasteiger partial charge in [0.25, 0.3) is 0 Å². The fourth-order valence-electron chi connectivity index (χ4n) is 3.31. The van der Waals surface area contributed by atoms with Gasteiger partial charge in [-0.15, -0.1) is 12.3 Å². The lowest BCUT2D eigenvalue weighted by Gasteiger charge is -2.36. The lowest BCUT2D eigenvalue weighted by molar-refractivity contribution is -0.158. The second-order valence-electron chi connectivity index (χ2n) is 6.78. The molecule has 0 spiro atoms. The number of rotatable bonds is 6. The molecule has 1 unspecified atom stereocenters. The van der Waals surface area contributed by atoms with E-state index in [1.165, 1.54) is 6.42 Å². The Morgan fingerprint density at radius 2 is 2.05 bits per heavy atom. The van der Waals surface area contributed by atoms with Gasteiger partial charge in [-0.3, -0.25) is 4.79 Å². The van der Waals surface area contributed by atoms with Crippen molar-refractivity contribution in [2.75, 3.05) is 0 Å². The minimum absolute atomic E-state index is 0.0131. The van der Waals surface area contributed by atoms with Gasteiger partial charge in [-0.25, -0.2) is 0 Å². The molecular weight excluding hydrogens is 248 g/mol. The normalized spacial score (nSPS) is 27.9. The standard InChI is InChI=1S/C18H30O2/c1-6-7-8-9-15(5)20-18(19)17-12-14(4)10-11-16(17)13(2)3/h1,13-17H,7-12H2,2-5H3/t14-,15?,16+,17-/m0/s1. The van der Waals surface area contributed by atoms with E-state index in [1.54, 1.807) is 0 Å². The molecule has 1 saturated carbocycles. The largest absolute Gasteiger partial charge is 0.462 e. The van der Waals surface area contributed by atoms with E-state index in [4.69, 9.17) is 11.2 Å². The summed E-state index contributed by atoms with van der Waals surface area (Å²) in [7, 11) is 0. The highest BCUT2D eigenvalue weighted by atomic mass is 16.5. The second-order valence-corrected chi connectivity index (χ2v) is 6.78. The van der Waals surface area contributed by atoms with Gasteiger partial charge in [0.2, 0.25) is 0 Å². The molecule has 114 valence electrons. The average Bonchev–Trinajstić information content (AvgIpc) is 2.38. The van der Waals surface area contributed by atoms with Crippen molar-refractivity contribution in [1.82, 2.24) is 0 Å². The summed E-state index contributed by atoms with van der Waals surface area (Å²) in [6.07, 6.45) is 11.2. The van der Waals surface area contributed by atoms with Crippen LogP contribution in [0.2, 0.25) is 0 Å². The molecule has 1 aliphatic rings. The molecule has 0 aromatic heterocycles. The van der Waals surface area contributed by atoms with Crippen LogP contribution >= 0.6 is 0 Å². The van der Waals surface area contributed by atoms with E-state index in [-0.39, 0.29) is 18.0 Å². The van der Waals surface area contributed by atoms with Crippen LogP contribution in [0.1, 0.15) is 66.2 Å². The Labute approximate surface area is 124 Å². The predicted molar refractivity (Wildman–Crippen MR) is 83.1 cm³/mol. The molecule has 20 heavy (non-hydrogen) atoms. The van der Waals surface area contributed by atoms with Gasteiger partial charge in [0.05, 0.1) is 12.0 Å². The lowest BCUT2D eigenvalue weighted by atomic mass is 9.70. The number of hydrogen-bond donors (Lipinski definition) is 0. The number of unbranched alkanes of at least 4 members (excludes halogenated alkanes) is 1. The average molecular weight is 278 g/mol. The number of ether oxygens (including phenoxy) is 1. The first-order valence-corrected chi connectivity index (χ1v) is 8.09. The molecule has 0 saturated heterocycles. The van der Waals surface area contributed by atoms with Gasteiger partial charge >= 0.3 is 5.97 Å². The number of carbonyl (C=O) groups excluding carboxylic acids is 1. The Morgan fingerprint density at radius 3 is 2.65 bits per heavy atom. The van der Waals surface area contributed by atoms with Crippen molar-refractivity contribution in [3.8, 4) is 12.3 Å². The minimum atomic E-state index is -0.0131. The summed E-state index contributed by atoms with van der Waals surface area (Å²) in [6, 6.07) is 0. The van der Waals surface area contributed by atoms with Gasteiger partial charge in [-0.1, -0.05) is 27.2 Å². The summed E-state index contributed by atoms with van der Waals surface area (Å²) < 4.78 is 5.66. The first kappa shape index (κ1) is 17.1. The second kappa shape index (κ2) is 8.35. The van der Waals surface area contributed by atoms with E-state index >= 15 is 0 Å². The van der Waals surface area contributed by atoms with Crippen LogP contribution in [-0.4, -0.2) is 12.1 Å². The van der Waals surface area contributed by atoms with Gasteiger partial charge in [0.15, 0.2) is 0 Å². The maximum Gasteiger partial charge on any atom is 0.309 e. The van der Waals surface area contributed by atoms with Gasteiger partial charge in [-0.05, 0) is 50.4 Å². The van der Waals surface area contributed by atoms with Crippen LogP contribution < -0.4 is 0 Å². The van der Waals surface area contributed by atoms with Crippen LogP contribution in [0, 0.1) is 36.0 Å². The number of carbonyl (C=O) groups is 1. The molecule has 4 atom stereocenters. The Balaban J connectivity index is 2.52. The smallest absolute Gasteiger partial charge is 0.309 e. The SMILES string of the molecule is C#CCCCC(C)OC(=O)[C@H]1C[C@@H](C)CC[C@@H]1C(C)C. The molecule has 2 heteroatoms. The number of terminal acetylenes is 1. The predicted octanol–water partition coefficient (Wildman–Crippen LogP) is 4.43. The molecule has 2 nitrogen and oxygen atoms in total. The molecule has 0 N–H and O–H groups in total. The maximum atomic E-state index is 12.4. The summed E-state index contributed by atoms with van der Waals surface area (Å²) in [5.41, 5.74) is 0. The van der Waals surface area contributed by atoms with E-state index in [2.05, 4.69) is 26.7 Å². The van der Waals surface area contributed by atoms with E-state index in [0.29, 0.717) is 17.8 Å². The Bertz CT molecular complexity index is 340. The monoisotopic (exact) mass is 278 g/mol. The van der Waals surface area contributed by atoms with E-state index < -0.39 is 0 Å². The minimum Gasteiger partial charge on any atom is -0.462 e. The topological polar surface area (TPSA) is 26.3 Å². The van der Waals surface area contributed by atoms with Crippen LogP contribution in [0.4, 0.5) is 0 Å². The van der Waals surface area contributed by atoms with Crippen molar-refractivity contribution in [1.29, 1.82) is 0 Å². The third-order valence-corrected chi connectivity index (χ3v) is 4.57. The maximum absolute atomic E-state index is 12.4. The first-order valence-electron chi connectivity index (χ1n) is 8.09. The van der Waals surface area contributed by atoms with Crippen molar-refractivity contribution in [3.63, 3.8) is 0 Å². The molecule has 1 aliphatic carbocycles. The van der Waals surface area contributed by atoms with Crippen LogP contribution in [0.5, 0.6) is 0 Å². The summed E-state index contributed by atoms with van der Waals surface area (Å²) >= 11 is 0. The Kier molecular flexibility index (Phi) is 7.13. The molecule has 0 radical (unpaired) electrons. The zero-order valence-electron chi connectivity index (χ0n) is 13.5. The number of hydrogen-bond acceptors (Lipinski definition) is 2. The third-order valence-electron chi connectivity index (χ3n) is 4.57. The van der Waals surface area contributed by atoms with Crippen LogP contribution in [0.3, 0.4) is 0 Å². The van der Waals surface area contributed by atoms with Crippen molar-refractivity contribution in [2.24, 2.45) is 23.7 Å². The Morgan fingerprint density at radius 1 is 1.35 bits per heavy atom. The van der Waals surface area contributed by atoms with Gasteiger partial charge in [0.1, 0.15) is 0 Å². The fraction of sp³-hybridized carbons (Fsp3) is 0.833. The van der Waals surface area contributed by atoms with Gasteiger partial charge in [0, 0.05) is 6.42 Å². The molecular formula is C18H30O2. The van der Waals surface area contributed by atoms with Crippen LogP contribution in [-0.2, 0) is 9.53 Å². The van der Waals surface area contributed by atoms with Gasteiger partial charge < -0.3 is 4.74 Å². The summed E-state index contributed by atoms with van der Waals surface area (Å²) in [4.78, 5) is 12.4. The zero-order chi connectivity index (χ0) is 15.1.